The molecule has 1 aliphatic heterocycles. The molecular weight excluding hydrogens is 252 g/mol. The molecule has 0 unspecified atom stereocenters. The number of Topliss-reactive ketones (excluding diaryl/α,β-unsaturated/α-hetero) is 1. The largest absolute Gasteiger partial charge is 0.398 e. The topological polar surface area (TPSA) is 63.4 Å². The van der Waals surface area contributed by atoms with Gasteiger partial charge in [0.1, 0.15) is 0 Å². The van der Waals surface area contributed by atoms with Gasteiger partial charge in [-0.05, 0) is 30.9 Å². The summed E-state index contributed by atoms with van der Waals surface area (Å²) in [5.41, 5.74) is 7.16. The Hall–Kier alpha value is -1.84. The summed E-state index contributed by atoms with van der Waals surface area (Å²) in [6.45, 7) is 1.10. The lowest BCUT2D eigenvalue weighted by Gasteiger charge is -2.37. The fourth-order valence-corrected chi connectivity index (χ4v) is 3.50. The Balaban J connectivity index is 1.76. The lowest BCUT2D eigenvalue weighted by atomic mass is 9.75. The third kappa shape index (κ3) is 2.09. The number of anilines is 1. The highest BCUT2D eigenvalue weighted by Crippen LogP contribution is 2.44. The number of nitrogens with zero attached hydrogens (tertiary/aromatic N) is 1. The highest BCUT2D eigenvalue weighted by molar-refractivity contribution is 6.38. The summed E-state index contributed by atoms with van der Waals surface area (Å²) < 4.78 is 0. The highest BCUT2D eigenvalue weighted by Gasteiger charge is 2.48. The Morgan fingerprint density at radius 2 is 1.80 bits per heavy atom. The fourth-order valence-electron chi connectivity index (χ4n) is 3.50. The van der Waals surface area contributed by atoms with Crippen molar-refractivity contribution in [1.29, 1.82) is 0 Å². The van der Waals surface area contributed by atoms with Crippen LogP contribution in [0.25, 0.3) is 0 Å². The van der Waals surface area contributed by atoms with Gasteiger partial charge < -0.3 is 10.6 Å². The molecule has 1 aromatic carbocycles. The predicted molar refractivity (Wildman–Crippen MR) is 76.8 cm³/mol. The summed E-state index contributed by atoms with van der Waals surface area (Å²) in [5.74, 6) is -0.489. The molecule has 0 bridgehead atoms. The minimum Gasteiger partial charge on any atom is -0.398 e. The number of amides is 1. The average molecular weight is 272 g/mol. The van der Waals surface area contributed by atoms with Crippen LogP contribution in [-0.2, 0) is 16.1 Å². The first kappa shape index (κ1) is 13.2. The van der Waals surface area contributed by atoms with Crippen LogP contribution in [0.2, 0.25) is 0 Å². The molecule has 2 aliphatic rings. The number of hydrogen-bond acceptors (Lipinski definition) is 3. The number of ketones is 1. The summed E-state index contributed by atoms with van der Waals surface area (Å²) in [6.07, 6.45) is 4.73. The molecule has 106 valence electrons. The Kier molecular flexibility index (Phi) is 3.24. The monoisotopic (exact) mass is 272 g/mol. The van der Waals surface area contributed by atoms with Gasteiger partial charge in [0.05, 0.1) is 0 Å². The normalized spacial score (nSPS) is 21.7. The van der Waals surface area contributed by atoms with E-state index >= 15 is 0 Å². The quantitative estimate of drug-likeness (QED) is 0.662. The number of likely N-dealkylation sites (tertiary alicyclic amines) is 1. The lowest BCUT2D eigenvalue weighted by Crippen LogP contribution is -2.50. The molecule has 1 spiro atoms. The van der Waals surface area contributed by atoms with Crippen LogP contribution in [-0.4, -0.2) is 23.1 Å². The fraction of sp³-hybridized carbons (Fsp3) is 0.500. The van der Waals surface area contributed by atoms with Gasteiger partial charge in [-0.1, -0.05) is 31.0 Å². The number of carbonyl (C=O) groups excluding carboxylic acids is 2. The van der Waals surface area contributed by atoms with Crippen molar-refractivity contribution in [2.24, 2.45) is 5.41 Å². The van der Waals surface area contributed by atoms with Crippen molar-refractivity contribution in [2.75, 3.05) is 12.3 Å². The van der Waals surface area contributed by atoms with Crippen LogP contribution in [0.4, 0.5) is 5.69 Å². The molecule has 0 radical (unpaired) electrons. The van der Waals surface area contributed by atoms with Crippen LogP contribution in [0.15, 0.2) is 24.3 Å². The molecule has 1 amide bonds. The van der Waals surface area contributed by atoms with Gasteiger partial charge in [0.25, 0.3) is 5.91 Å². The van der Waals surface area contributed by atoms with Gasteiger partial charge in [-0.2, -0.15) is 0 Å². The Morgan fingerprint density at radius 1 is 1.10 bits per heavy atom. The van der Waals surface area contributed by atoms with Gasteiger partial charge in [-0.3, -0.25) is 9.59 Å². The average Bonchev–Trinajstić information content (AvgIpc) is 2.92. The van der Waals surface area contributed by atoms with Crippen LogP contribution in [0.1, 0.15) is 37.7 Å². The second-order valence-corrected chi connectivity index (χ2v) is 5.99. The molecule has 3 rings (SSSR count). The second kappa shape index (κ2) is 4.93. The number of para-hydroxylation sites is 1. The number of rotatable bonds is 2. The molecule has 1 aliphatic carbocycles. The van der Waals surface area contributed by atoms with Gasteiger partial charge in [0.2, 0.25) is 5.78 Å². The zero-order valence-corrected chi connectivity index (χ0v) is 11.6. The number of hydrogen-bond donors (Lipinski definition) is 1. The molecule has 0 aromatic heterocycles. The Morgan fingerprint density at radius 3 is 2.50 bits per heavy atom. The standard InChI is InChI=1S/C16H20N2O2/c17-13-6-2-1-5-12(13)11-18-10-9-16(7-3-4-8-16)14(19)15(18)20/h1-2,5-6H,3-4,7-11,17H2. The minimum absolute atomic E-state index is 0.171. The van der Waals surface area contributed by atoms with Crippen molar-refractivity contribution < 1.29 is 9.59 Å². The smallest absolute Gasteiger partial charge is 0.290 e. The van der Waals surface area contributed by atoms with Crippen molar-refractivity contribution in [3.05, 3.63) is 29.8 Å². The van der Waals surface area contributed by atoms with E-state index in [1.165, 1.54) is 0 Å². The first-order valence-corrected chi connectivity index (χ1v) is 7.29. The number of benzene rings is 1. The third-order valence-electron chi connectivity index (χ3n) is 4.80. The van der Waals surface area contributed by atoms with E-state index in [0.29, 0.717) is 18.8 Å². The van der Waals surface area contributed by atoms with Gasteiger partial charge in [0, 0.05) is 24.2 Å². The van der Waals surface area contributed by atoms with Crippen molar-refractivity contribution in [1.82, 2.24) is 4.90 Å². The summed E-state index contributed by atoms with van der Waals surface area (Å²) >= 11 is 0. The van der Waals surface area contributed by atoms with E-state index in [2.05, 4.69) is 0 Å². The molecular formula is C16H20N2O2. The van der Waals surface area contributed by atoms with E-state index in [-0.39, 0.29) is 17.1 Å². The number of nitrogens with two attached hydrogens (primary N) is 1. The maximum Gasteiger partial charge on any atom is 0.290 e. The zero-order valence-electron chi connectivity index (χ0n) is 11.6. The van der Waals surface area contributed by atoms with E-state index in [9.17, 15) is 9.59 Å². The highest BCUT2D eigenvalue weighted by atomic mass is 16.2. The molecule has 2 N–H and O–H groups in total. The Bertz CT molecular complexity index is 547. The second-order valence-electron chi connectivity index (χ2n) is 5.99. The van der Waals surface area contributed by atoms with Gasteiger partial charge in [-0.25, -0.2) is 0 Å². The van der Waals surface area contributed by atoms with Crippen LogP contribution in [0, 0.1) is 5.41 Å². The minimum atomic E-state index is -0.337. The van der Waals surface area contributed by atoms with E-state index in [0.717, 1.165) is 37.7 Å². The summed E-state index contributed by atoms with van der Waals surface area (Å²) in [4.78, 5) is 26.4. The van der Waals surface area contributed by atoms with E-state index in [1.54, 1.807) is 4.90 Å². The third-order valence-corrected chi connectivity index (χ3v) is 4.80. The summed E-state index contributed by atoms with van der Waals surface area (Å²) in [5, 5.41) is 0. The first-order chi connectivity index (χ1) is 9.62. The maximum absolute atomic E-state index is 12.4. The van der Waals surface area contributed by atoms with Crippen LogP contribution >= 0.6 is 0 Å². The first-order valence-electron chi connectivity index (χ1n) is 7.29. The molecule has 1 aromatic rings. The molecule has 1 saturated heterocycles. The van der Waals surface area contributed by atoms with Gasteiger partial charge in [0.15, 0.2) is 0 Å². The summed E-state index contributed by atoms with van der Waals surface area (Å²) in [6, 6.07) is 7.51. The van der Waals surface area contributed by atoms with Crippen LogP contribution in [0.5, 0.6) is 0 Å². The van der Waals surface area contributed by atoms with E-state index in [1.807, 2.05) is 24.3 Å². The molecule has 1 heterocycles. The number of piperidine rings is 1. The van der Waals surface area contributed by atoms with Crippen LogP contribution < -0.4 is 5.73 Å². The molecule has 4 heteroatoms. The molecule has 1 saturated carbocycles. The van der Waals surface area contributed by atoms with Gasteiger partial charge in [-0.15, -0.1) is 0 Å². The van der Waals surface area contributed by atoms with Crippen molar-refractivity contribution >= 4 is 17.4 Å². The number of carbonyl (C=O) groups is 2. The van der Waals surface area contributed by atoms with Gasteiger partial charge >= 0.3 is 0 Å². The molecule has 20 heavy (non-hydrogen) atoms. The lowest BCUT2D eigenvalue weighted by molar-refractivity contribution is -0.155. The number of nitrogen functional groups attached to an aromatic ring is 1. The summed E-state index contributed by atoms with van der Waals surface area (Å²) in [7, 11) is 0. The van der Waals surface area contributed by atoms with E-state index in [4.69, 9.17) is 5.73 Å². The predicted octanol–water partition coefficient (Wildman–Crippen LogP) is 2.13. The Labute approximate surface area is 118 Å². The molecule has 4 nitrogen and oxygen atoms in total. The molecule has 0 atom stereocenters. The van der Waals surface area contributed by atoms with Crippen molar-refractivity contribution in [3.63, 3.8) is 0 Å². The zero-order chi connectivity index (χ0) is 14.2. The molecule has 2 fully saturated rings. The maximum atomic E-state index is 12.4. The van der Waals surface area contributed by atoms with Crippen LogP contribution in [0.3, 0.4) is 0 Å². The van der Waals surface area contributed by atoms with Crippen molar-refractivity contribution in [3.8, 4) is 0 Å². The van der Waals surface area contributed by atoms with E-state index < -0.39 is 0 Å². The SMILES string of the molecule is Nc1ccccc1CN1CCC2(CCCC2)C(=O)C1=O. The van der Waals surface area contributed by atoms with Crippen molar-refractivity contribution in [2.45, 2.75) is 38.6 Å².